The Morgan fingerprint density at radius 3 is 2.35 bits per heavy atom. The molecule has 1 unspecified atom stereocenters. The predicted octanol–water partition coefficient (Wildman–Crippen LogP) is -1.23. The van der Waals surface area contributed by atoms with Crippen molar-refractivity contribution in [3.05, 3.63) is 0 Å². The summed E-state index contributed by atoms with van der Waals surface area (Å²) in [6.07, 6.45) is -0.241. The fourth-order valence-electron chi connectivity index (χ4n) is 2.42. The minimum atomic E-state index is -3.98. The zero-order valence-electron chi connectivity index (χ0n) is 9.21. The minimum absolute atomic E-state index is 0.241. The molecule has 0 aromatic heterocycles. The average Bonchev–Trinajstić information content (AvgIpc) is 2.33. The van der Waals surface area contributed by atoms with Gasteiger partial charge in [-0.15, -0.1) is 0 Å². The monoisotopic (exact) mass is 261 g/mol. The van der Waals surface area contributed by atoms with Crippen LogP contribution in [-0.2, 0) is 24.2 Å². The number of rotatable bonds is 2. The van der Waals surface area contributed by atoms with Gasteiger partial charge in [0.2, 0.25) is 5.91 Å². The van der Waals surface area contributed by atoms with Gasteiger partial charge in [-0.2, -0.15) is 0 Å². The summed E-state index contributed by atoms with van der Waals surface area (Å²) >= 11 is 0. The number of aliphatic carboxylic acids is 1. The number of carboxylic acids is 1. The molecule has 2 rings (SSSR count). The lowest BCUT2D eigenvalue weighted by molar-refractivity contribution is -0.158. The van der Waals surface area contributed by atoms with Crippen LogP contribution < -0.4 is 0 Å². The van der Waals surface area contributed by atoms with E-state index in [0.717, 1.165) is 18.7 Å². The summed E-state index contributed by atoms with van der Waals surface area (Å²) in [6.45, 7) is 2.11. The molecule has 0 bridgehead atoms. The highest BCUT2D eigenvalue weighted by Gasteiger charge is 2.71. The van der Waals surface area contributed by atoms with Gasteiger partial charge in [0.15, 0.2) is 26.4 Å². The molecular formula is C9H11NO6S. The van der Waals surface area contributed by atoms with Gasteiger partial charge in [0, 0.05) is 0 Å². The van der Waals surface area contributed by atoms with Crippen LogP contribution in [0, 0.1) is 0 Å². The van der Waals surface area contributed by atoms with E-state index in [9.17, 15) is 22.8 Å². The number of nitrogens with zero attached hydrogens (tertiary/aromatic N) is 1. The highest BCUT2D eigenvalue weighted by atomic mass is 32.2. The van der Waals surface area contributed by atoms with Gasteiger partial charge >= 0.3 is 5.97 Å². The number of carboxylic acid groups (broad SMARTS) is 1. The second-order valence-electron chi connectivity index (χ2n) is 4.41. The van der Waals surface area contributed by atoms with Gasteiger partial charge in [-0.25, -0.2) is 13.2 Å². The Bertz CT molecular complexity index is 538. The summed E-state index contributed by atoms with van der Waals surface area (Å²) in [5, 5.41) is 7.90. The molecule has 1 amide bonds. The molecule has 2 fully saturated rings. The minimum Gasteiger partial charge on any atom is -0.480 e. The van der Waals surface area contributed by atoms with E-state index in [-0.39, 0.29) is 6.42 Å². The largest absolute Gasteiger partial charge is 0.480 e. The van der Waals surface area contributed by atoms with Crippen molar-refractivity contribution in [2.24, 2.45) is 0 Å². The van der Waals surface area contributed by atoms with Crippen LogP contribution in [0.3, 0.4) is 0 Å². The molecule has 94 valence electrons. The molecule has 0 saturated carbocycles. The highest BCUT2D eigenvalue weighted by Crippen LogP contribution is 2.46. The zero-order chi connectivity index (χ0) is 13.2. The Balaban J connectivity index is 2.67. The molecule has 3 atom stereocenters. The number of sulfone groups is 1. The van der Waals surface area contributed by atoms with Crippen molar-refractivity contribution in [2.75, 3.05) is 0 Å². The molecule has 0 aromatic rings. The Kier molecular flexibility index (Phi) is 2.17. The van der Waals surface area contributed by atoms with Crippen LogP contribution in [0.2, 0.25) is 0 Å². The maximum absolute atomic E-state index is 12.1. The Hall–Kier alpha value is -1.44. The van der Waals surface area contributed by atoms with Crippen LogP contribution in [0.5, 0.6) is 0 Å². The third-order valence-electron chi connectivity index (χ3n) is 3.63. The van der Waals surface area contributed by atoms with Crippen LogP contribution in [0.15, 0.2) is 0 Å². The second kappa shape index (κ2) is 3.06. The number of ketones is 1. The fourth-order valence-corrected chi connectivity index (χ4v) is 4.81. The molecule has 7 nitrogen and oxygen atoms in total. The number of β-lactam (4-membered cyclic amide) rings is 1. The molecule has 2 aliphatic heterocycles. The van der Waals surface area contributed by atoms with Crippen LogP contribution in [0.4, 0.5) is 0 Å². The summed E-state index contributed by atoms with van der Waals surface area (Å²) in [7, 11) is -3.98. The molecule has 0 aliphatic carbocycles. The molecule has 8 heteroatoms. The van der Waals surface area contributed by atoms with E-state index in [1.165, 1.54) is 0 Å². The second-order valence-corrected chi connectivity index (χ2v) is 6.89. The van der Waals surface area contributed by atoms with Crippen molar-refractivity contribution >= 4 is 27.5 Å². The van der Waals surface area contributed by atoms with Gasteiger partial charge in [0.1, 0.15) is 5.37 Å². The van der Waals surface area contributed by atoms with E-state index in [1.807, 2.05) is 0 Å². The van der Waals surface area contributed by atoms with Crippen LogP contribution >= 0.6 is 0 Å². The first-order chi connectivity index (χ1) is 7.65. The van der Waals surface area contributed by atoms with Gasteiger partial charge < -0.3 is 10.0 Å². The lowest BCUT2D eigenvalue weighted by Gasteiger charge is -2.35. The topological polar surface area (TPSA) is 109 Å². The smallest absolute Gasteiger partial charge is 0.328 e. The van der Waals surface area contributed by atoms with Crippen molar-refractivity contribution in [1.29, 1.82) is 0 Å². The standard InChI is InChI=1S/C9H11NO6S/c1-4(11)9(2)7(8(13)14)10-5(12)3-6(10)17(9,15)16/h6-7H,3H2,1-2H3,(H,13,14)/t6?,7-,9-/m0/s1. The van der Waals surface area contributed by atoms with E-state index in [1.54, 1.807) is 0 Å². The summed E-state index contributed by atoms with van der Waals surface area (Å²) in [6, 6.07) is -1.61. The summed E-state index contributed by atoms with van der Waals surface area (Å²) < 4.78 is 22.2. The van der Waals surface area contributed by atoms with Crippen molar-refractivity contribution in [3.8, 4) is 0 Å². The van der Waals surface area contributed by atoms with Crippen molar-refractivity contribution in [1.82, 2.24) is 4.90 Å². The molecule has 0 aromatic carbocycles. The fraction of sp³-hybridized carbons (Fsp3) is 0.667. The Labute approximate surface area is 97.3 Å². The van der Waals surface area contributed by atoms with Crippen LogP contribution in [0.25, 0.3) is 0 Å². The Morgan fingerprint density at radius 2 is 2.00 bits per heavy atom. The van der Waals surface area contributed by atoms with Gasteiger partial charge in [-0.1, -0.05) is 0 Å². The molecule has 0 spiro atoms. The third-order valence-corrected chi connectivity index (χ3v) is 6.43. The average molecular weight is 261 g/mol. The SMILES string of the molecule is CC(=O)[C@@]1(C)[C@H](C(=O)O)N2C(=O)CC2S1(=O)=O. The first kappa shape index (κ1) is 12.0. The first-order valence-electron chi connectivity index (χ1n) is 4.94. The van der Waals surface area contributed by atoms with Crippen molar-refractivity contribution < 1.29 is 27.9 Å². The van der Waals surface area contributed by atoms with E-state index in [4.69, 9.17) is 5.11 Å². The first-order valence-corrected chi connectivity index (χ1v) is 6.48. The molecular weight excluding hydrogens is 250 g/mol. The highest BCUT2D eigenvalue weighted by molar-refractivity contribution is 7.94. The number of Topliss-reactive ketones (excluding diaryl/α,β-unsaturated/α-hetero) is 1. The lowest BCUT2D eigenvalue weighted by atomic mass is 9.93. The molecule has 0 radical (unpaired) electrons. The van der Waals surface area contributed by atoms with Gasteiger partial charge in [-0.05, 0) is 13.8 Å². The third kappa shape index (κ3) is 1.11. The normalized spacial score (nSPS) is 38.5. The summed E-state index contributed by atoms with van der Waals surface area (Å²) in [5.74, 6) is -2.77. The summed E-state index contributed by atoms with van der Waals surface area (Å²) in [4.78, 5) is 34.8. The predicted molar refractivity (Wildman–Crippen MR) is 54.7 cm³/mol. The number of hydrogen-bond donors (Lipinski definition) is 1. The quantitative estimate of drug-likeness (QED) is 0.624. The molecule has 1 N–H and O–H groups in total. The zero-order valence-corrected chi connectivity index (χ0v) is 10.0. The van der Waals surface area contributed by atoms with Crippen LogP contribution in [0.1, 0.15) is 20.3 Å². The number of carbonyl (C=O) groups is 3. The number of hydrogen-bond acceptors (Lipinski definition) is 5. The number of amides is 1. The van der Waals surface area contributed by atoms with Crippen LogP contribution in [-0.4, -0.2) is 52.2 Å². The maximum atomic E-state index is 12.1. The van der Waals surface area contributed by atoms with E-state index in [2.05, 4.69) is 0 Å². The molecule has 2 aliphatic rings. The molecule has 2 saturated heterocycles. The van der Waals surface area contributed by atoms with Crippen molar-refractivity contribution in [2.45, 2.75) is 36.4 Å². The van der Waals surface area contributed by atoms with Gasteiger partial charge in [0.05, 0.1) is 6.42 Å². The molecule has 17 heavy (non-hydrogen) atoms. The van der Waals surface area contributed by atoms with E-state index < -0.39 is 43.7 Å². The number of fused-ring (bicyclic) bond motifs is 1. The summed E-state index contributed by atoms with van der Waals surface area (Å²) in [5.41, 5.74) is 0. The van der Waals surface area contributed by atoms with E-state index in [0.29, 0.717) is 0 Å². The van der Waals surface area contributed by atoms with Gasteiger partial charge in [-0.3, -0.25) is 9.59 Å². The van der Waals surface area contributed by atoms with E-state index >= 15 is 0 Å². The van der Waals surface area contributed by atoms with Gasteiger partial charge in [0.25, 0.3) is 0 Å². The number of carbonyl (C=O) groups excluding carboxylic acids is 2. The van der Waals surface area contributed by atoms with Crippen molar-refractivity contribution in [3.63, 3.8) is 0 Å². The maximum Gasteiger partial charge on any atom is 0.328 e. The Morgan fingerprint density at radius 1 is 1.47 bits per heavy atom. The lowest BCUT2D eigenvalue weighted by Crippen LogP contribution is -2.58. The molecule has 2 heterocycles.